The molecule has 1 aliphatic carbocycles. The number of nitro benzene ring substituents is 1. The Morgan fingerprint density at radius 1 is 1.39 bits per heavy atom. The van der Waals surface area contributed by atoms with E-state index in [2.05, 4.69) is 10.4 Å². The van der Waals surface area contributed by atoms with E-state index in [1.165, 1.54) is 12.1 Å². The van der Waals surface area contributed by atoms with Gasteiger partial charge in [0.15, 0.2) is 0 Å². The van der Waals surface area contributed by atoms with Crippen LogP contribution in [0.25, 0.3) is 10.9 Å². The second-order valence-corrected chi connectivity index (χ2v) is 4.47. The summed E-state index contributed by atoms with van der Waals surface area (Å²) in [6, 6.07) is 6.49. The Morgan fingerprint density at radius 2 is 2.17 bits per heavy atom. The number of non-ortho nitro benzene ring substituents is 1. The molecule has 0 atom stereocenters. The number of nitrogen functional groups attached to an aromatic ring is 1. The van der Waals surface area contributed by atoms with Gasteiger partial charge in [-0.2, -0.15) is 0 Å². The number of benzene rings is 1. The molecule has 0 radical (unpaired) electrons. The molecule has 3 rings (SSSR count). The number of pyridine rings is 1. The van der Waals surface area contributed by atoms with Gasteiger partial charge in [0.25, 0.3) is 5.69 Å². The van der Waals surface area contributed by atoms with Crippen LogP contribution in [0.15, 0.2) is 24.3 Å². The lowest BCUT2D eigenvalue weighted by molar-refractivity contribution is -0.384. The molecule has 18 heavy (non-hydrogen) atoms. The van der Waals surface area contributed by atoms with Gasteiger partial charge in [0, 0.05) is 23.4 Å². The zero-order chi connectivity index (χ0) is 12.7. The number of nitrogens with one attached hydrogen (secondary N) is 1. The normalized spacial score (nSPS) is 14.7. The standard InChI is InChI=1S/C12H12N4O2/c13-15-11-6-8-5-9(16(17)18)3-4-10(8)14-12(11)7-1-2-7/h3-7,15H,1-2,13H2. The summed E-state index contributed by atoms with van der Waals surface area (Å²) in [4.78, 5) is 14.9. The molecule has 6 heteroatoms. The molecule has 6 nitrogen and oxygen atoms in total. The maximum Gasteiger partial charge on any atom is 0.270 e. The van der Waals surface area contributed by atoms with Gasteiger partial charge in [0.1, 0.15) is 0 Å². The Bertz CT molecular complexity index is 637. The number of fused-ring (bicyclic) bond motifs is 1. The van der Waals surface area contributed by atoms with E-state index in [-0.39, 0.29) is 5.69 Å². The average molecular weight is 244 g/mol. The summed E-state index contributed by atoms with van der Waals surface area (Å²) in [5.74, 6) is 5.95. The Balaban J connectivity index is 2.18. The van der Waals surface area contributed by atoms with Crippen molar-refractivity contribution in [3.8, 4) is 0 Å². The number of hydrazine groups is 1. The number of nitrogens with two attached hydrogens (primary N) is 1. The number of nitrogens with zero attached hydrogens (tertiary/aromatic N) is 2. The maximum atomic E-state index is 10.7. The Hall–Kier alpha value is -2.21. The molecule has 3 N–H and O–H groups in total. The highest BCUT2D eigenvalue weighted by atomic mass is 16.6. The minimum atomic E-state index is -0.413. The van der Waals surface area contributed by atoms with Crippen molar-refractivity contribution in [1.82, 2.24) is 4.98 Å². The van der Waals surface area contributed by atoms with Crippen LogP contribution < -0.4 is 11.3 Å². The molecule has 1 aromatic heterocycles. The molecule has 0 spiro atoms. The van der Waals surface area contributed by atoms with Crippen LogP contribution in [0, 0.1) is 10.1 Å². The first-order valence-electron chi connectivity index (χ1n) is 5.75. The second-order valence-electron chi connectivity index (χ2n) is 4.47. The maximum absolute atomic E-state index is 10.7. The predicted molar refractivity (Wildman–Crippen MR) is 68.2 cm³/mol. The van der Waals surface area contributed by atoms with E-state index < -0.39 is 4.92 Å². The molecule has 1 aromatic carbocycles. The van der Waals surface area contributed by atoms with Crippen LogP contribution in [0.2, 0.25) is 0 Å². The largest absolute Gasteiger partial charge is 0.322 e. The van der Waals surface area contributed by atoms with Gasteiger partial charge in [-0.15, -0.1) is 0 Å². The highest BCUT2D eigenvalue weighted by molar-refractivity contribution is 5.85. The minimum absolute atomic E-state index is 0.0615. The summed E-state index contributed by atoms with van der Waals surface area (Å²) in [6.07, 6.45) is 2.25. The van der Waals surface area contributed by atoms with Gasteiger partial charge < -0.3 is 5.43 Å². The number of rotatable bonds is 3. The minimum Gasteiger partial charge on any atom is -0.322 e. The van der Waals surface area contributed by atoms with E-state index in [1.807, 2.05) is 6.07 Å². The van der Waals surface area contributed by atoms with Crippen LogP contribution in [-0.4, -0.2) is 9.91 Å². The topological polar surface area (TPSA) is 94.1 Å². The summed E-state index contributed by atoms with van der Waals surface area (Å²) < 4.78 is 0. The van der Waals surface area contributed by atoms with Gasteiger partial charge in [0.2, 0.25) is 0 Å². The van der Waals surface area contributed by atoms with E-state index >= 15 is 0 Å². The van der Waals surface area contributed by atoms with Gasteiger partial charge in [-0.25, -0.2) is 0 Å². The molecule has 1 aliphatic rings. The van der Waals surface area contributed by atoms with Gasteiger partial charge in [-0.3, -0.25) is 20.9 Å². The Kier molecular flexibility index (Phi) is 2.38. The number of nitro groups is 1. The first kappa shape index (κ1) is 10.9. The first-order valence-corrected chi connectivity index (χ1v) is 5.75. The highest BCUT2D eigenvalue weighted by Gasteiger charge is 2.28. The molecule has 1 saturated carbocycles. The number of hydrogen-bond acceptors (Lipinski definition) is 5. The quantitative estimate of drug-likeness (QED) is 0.491. The fourth-order valence-corrected chi connectivity index (χ4v) is 2.08. The van der Waals surface area contributed by atoms with E-state index in [4.69, 9.17) is 5.84 Å². The van der Waals surface area contributed by atoms with Crippen LogP contribution in [0.4, 0.5) is 11.4 Å². The molecule has 1 heterocycles. The molecule has 0 unspecified atom stereocenters. The van der Waals surface area contributed by atoms with Crippen molar-refractivity contribution in [2.45, 2.75) is 18.8 Å². The lowest BCUT2D eigenvalue weighted by Gasteiger charge is -2.08. The van der Waals surface area contributed by atoms with Gasteiger partial charge in [-0.1, -0.05) is 0 Å². The second kappa shape index (κ2) is 3.92. The van der Waals surface area contributed by atoms with Crippen LogP contribution in [-0.2, 0) is 0 Å². The third-order valence-electron chi connectivity index (χ3n) is 3.16. The van der Waals surface area contributed by atoms with Gasteiger partial charge >= 0.3 is 0 Å². The lowest BCUT2D eigenvalue weighted by atomic mass is 10.1. The zero-order valence-electron chi connectivity index (χ0n) is 9.59. The molecule has 1 fully saturated rings. The Labute approximate surface area is 103 Å². The number of anilines is 1. The third-order valence-corrected chi connectivity index (χ3v) is 3.16. The summed E-state index contributed by atoms with van der Waals surface area (Å²) >= 11 is 0. The summed E-state index contributed by atoms with van der Waals surface area (Å²) in [5, 5.41) is 11.5. The van der Waals surface area contributed by atoms with E-state index in [9.17, 15) is 10.1 Å². The van der Waals surface area contributed by atoms with Crippen molar-refractivity contribution >= 4 is 22.3 Å². The molecule has 92 valence electrons. The van der Waals surface area contributed by atoms with E-state index in [0.29, 0.717) is 5.92 Å². The number of hydrogen-bond donors (Lipinski definition) is 2. The SMILES string of the molecule is NNc1cc2cc([N+](=O)[O-])ccc2nc1C1CC1. The van der Waals surface area contributed by atoms with E-state index in [0.717, 1.165) is 35.1 Å². The molecule has 0 bridgehead atoms. The molecule has 0 amide bonds. The highest BCUT2D eigenvalue weighted by Crippen LogP contribution is 2.43. The van der Waals surface area contributed by atoms with Crippen molar-refractivity contribution in [1.29, 1.82) is 0 Å². The first-order chi connectivity index (χ1) is 8.69. The van der Waals surface area contributed by atoms with Crippen LogP contribution >= 0.6 is 0 Å². The van der Waals surface area contributed by atoms with Crippen LogP contribution in [0.1, 0.15) is 24.5 Å². The van der Waals surface area contributed by atoms with Crippen molar-refractivity contribution in [3.05, 3.63) is 40.1 Å². The van der Waals surface area contributed by atoms with Crippen LogP contribution in [0.5, 0.6) is 0 Å². The summed E-state index contributed by atoms with van der Waals surface area (Å²) in [7, 11) is 0. The van der Waals surface area contributed by atoms with Gasteiger partial charge in [-0.05, 0) is 25.0 Å². The smallest absolute Gasteiger partial charge is 0.270 e. The van der Waals surface area contributed by atoms with E-state index in [1.54, 1.807) is 6.07 Å². The Morgan fingerprint density at radius 3 is 2.78 bits per heavy atom. The molecule has 0 aliphatic heterocycles. The van der Waals surface area contributed by atoms with Crippen LogP contribution in [0.3, 0.4) is 0 Å². The van der Waals surface area contributed by atoms with Crippen molar-refractivity contribution in [3.63, 3.8) is 0 Å². The lowest BCUT2D eigenvalue weighted by Crippen LogP contribution is -2.10. The van der Waals surface area contributed by atoms with Crippen molar-refractivity contribution in [2.24, 2.45) is 5.84 Å². The van der Waals surface area contributed by atoms with Crippen molar-refractivity contribution < 1.29 is 4.92 Å². The molecular formula is C12H12N4O2. The fraction of sp³-hybridized carbons (Fsp3) is 0.250. The fourth-order valence-electron chi connectivity index (χ4n) is 2.08. The van der Waals surface area contributed by atoms with Gasteiger partial charge in [0.05, 0.1) is 21.8 Å². The molecule has 0 saturated heterocycles. The monoisotopic (exact) mass is 244 g/mol. The summed E-state index contributed by atoms with van der Waals surface area (Å²) in [6.45, 7) is 0. The van der Waals surface area contributed by atoms with Crippen molar-refractivity contribution in [2.75, 3.05) is 5.43 Å². The molecule has 2 aromatic rings. The third kappa shape index (κ3) is 1.76. The molecular weight excluding hydrogens is 232 g/mol. The summed E-state index contributed by atoms with van der Waals surface area (Å²) in [5.41, 5.74) is 5.16. The zero-order valence-corrected chi connectivity index (χ0v) is 9.59. The average Bonchev–Trinajstić information content (AvgIpc) is 3.20. The number of aromatic nitrogens is 1. The predicted octanol–water partition coefficient (Wildman–Crippen LogP) is 2.31.